The van der Waals surface area contributed by atoms with Crippen molar-refractivity contribution in [3.05, 3.63) is 4.91 Å². The average molecular weight is 150 g/mol. The van der Waals surface area contributed by atoms with E-state index in [1.54, 1.807) is 0 Å². The number of nitrogens with zero attached hydrogens (tertiary/aromatic N) is 1. The van der Waals surface area contributed by atoms with Crippen LogP contribution in [-0.4, -0.2) is 30.0 Å². The van der Waals surface area contributed by atoms with Gasteiger partial charge in [0.25, 0.3) is 0 Å². The Hall–Kier alpha value is -0.840. The fraction of sp³-hybridized carbons (Fsp3) is 1.00. The van der Waals surface area contributed by atoms with Crippen molar-refractivity contribution in [2.24, 2.45) is 0 Å². The van der Waals surface area contributed by atoms with Crippen molar-refractivity contribution in [1.29, 1.82) is 0 Å². The number of hydrogen-bond donors (Lipinski definition) is 1. The Kier molecular flexibility index (Phi) is 5.75. The lowest BCUT2D eigenvalue weighted by Gasteiger charge is -1.89. The summed E-state index contributed by atoms with van der Waals surface area (Å²) in [6, 6.07) is 0. The van der Waals surface area contributed by atoms with E-state index in [1.165, 1.54) is 0 Å². The van der Waals surface area contributed by atoms with Gasteiger partial charge in [0.15, 0.2) is 13.2 Å². The summed E-state index contributed by atoms with van der Waals surface area (Å²) >= 11 is 0. The summed E-state index contributed by atoms with van der Waals surface area (Å²) < 4.78 is 0. The van der Waals surface area contributed by atoms with E-state index in [0.717, 1.165) is 6.42 Å². The molecule has 10 heavy (non-hydrogen) atoms. The Balaban J connectivity index is 3.09. The average Bonchev–Trinajstić information content (AvgIpc) is 1.97. The number of rotatable bonds is 6. The molecule has 60 valence electrons. The van der Waals surface area contributed by atoms with Gasteiger partial charge in [-0.2, -0.15) is 9.68 Å². The van der Waals surface area contributed by atoms with Gasteiger partial charge in [0.1, 0.15) is 4.91 Å². The maximum atomic E-state index is 10.3. The Morgan fingerprint density at radius 3 is 2.50 bits per heavy atom. The van der Waals surface area contributed by atoms with Crippen LogP contribution in [0.2, 0.25) is 0 Å². The molecule has 0 fully saturated rings. The Morgan fingerprint density at radius 1 is 1.40 bits per heavy atom. The van der Waals surface area contributed by atoms with E-state index >= 15 is 0 Å². The first-order valence-electron chi connectivity index (χ1n) is 3.15. The van der Waals surface area contributed by atoms with Gasteiger partial charge in [-0.05, 0) is 6.42 Å². The minimum absolute atomic E-state index is 0.0136. The summed E-state index contributed by atoms with van der Waals surface area (Å²) in [7, 11) is 0. The van der Waals surface area contributed by atoms with Crippen LogP contribution in [0.25, 0.3) is 0 Å². The van der Waals surface area contributed by atoms with Gasteiger partial charge in [0.2, 0.25) is 0 Å². The molecule has 0 aliphatic rings. The molecule has 0 radical (unpaired) electrons. The summed E-state index contributed by atoms with van der Waals surface area (Å²) in [4.78, 5) is 19.1. The maximum absolute atomic E-state index is 10.3. The topological polar surface area (TPSA) is 58.8 Å². The second-order valence-corrected chi connectivity index (χ2v) is 1.61. The van der Waals surface area contributed by atoms with Crippen molar-refractivity contribution >= 4 is 0 Å². The molecule has 0 aliphatic heterocycles. The molecule has 0 aliphatic carbocycles. The molecular weight excluding hydrogens is 138 g/mol. The standard InChI is InChI=1S/C5H12NO4/c1-2-4-9-6(8)10-5-3-7/h7H,2-5H2,1H3/q+1. The van der Waals surface area contributed by atoms with Gasteiger partial charge in [-0.25, -0.2) is 0 Å². The van der Waals surface area contributed by atoms with Crippen LogP contribution in [0.15, 0.2) is 0 Å². The zero-order valence-corrected chi connectivity index (χ0v) is 5.95. The van der Waals surface area contributed by atoms with Crippen molar-refractivity contribution in [2.45, 2.75) is 13.3 Å². The molecule has 5 nitrogen and oxygen atoms in total. The lowest BCUT2D eigenvalue weighted by molar-refractivity contribution is -0.981. The van der Waals surface area contributed by atoms with Crippen molar-refractivity contribution in [3.63, 3.8) is 0 Å². The summed E-state index contributed by atoms with van der Waals surface area (Å²) in [6.07, 6.45) is 0.751. The molecule has 0 aromatic heterocycles. The van der Waals surface area contributed by atoms with Crippen LogP contribution >= 0.6 is 0 Å². The second-order valence-electron chi connectivity index (χ2n) is 1.61. The van der Waals surface area contributed by atoms with Crippen LogP contribution in [0.1, 0.15) is 13.3 Å². The van der Waals surface area contributed by atoms with Crippen LogP contribution in [0.3, 0.4) is 0 Å². The van der Waals surface area contributed by atoms with E-state index < -0.39 is 0 Å². The summed E-state index contributed by atoms with van der Waals surface area (Å²) in [5, 5.41) is 8.21. The first-order valence-corrected chi connectivity index (χ1v) is 3.15. The molecule has 0 aromatic rings. The first kappa shape index (κ1) is 9.16. The summed E-state index contributed by atoms with van der Waals surface area (Å²) in [6.45, 7) is 1.98. The second kappa shape index (κ2) is 6.28. The molecule has 0 amide bonds. The quantitative estimate of drug-likeness (QED) is 0.543. The van der Waals surface area contributed by atoms with Crippen LogP contribution in [-0.2, 0) is 9.68 Å². The van der Waals surface area contributed by atoms with Gasteiger partial charge >= 0.3 is 5.09 Å². The molecule has 0 spiro atoms. The van der Waals surface area contributed by atoms with Crippen LogP contribution in [0.4, 0.5) is 0 Å². The number of aliphatic hydroxyl groups excluding tert-OH is 1. The normalized spacial score (nSPS) is 9.00. The van der Waals surface area contributed by atoms with Gasteiger partial charge in [0.05, 0.1) is 6.61 Å². The fourth-order valence-electron chi connectivity index (χ4n) is 0.318. The number of aliphatic hydroxyl groups is 1. The van der Waals surface area contributed by atoms with Crippen LogP contribution < -0.4 is 0 Å². The van der Waals surface area contributed by atoms with Crippen molar-refractivity contribution in [3.8, 4) is 0 Å². The maximum Gasteiger partial charge on any atom is 0.477 e. The third kappa shape index (κ3) is 5.30. The zero-order chi connectivity index (χ0) is 7.82. The first-order chi connectivity index (χ1) is 4.81. The highest BCUT2D eigenvalue weighted by Gasteiger charge is 2.09. The lowest BCUT2D eigenvalue weighted by atomic mass is 10.5. The molecule has 0 rings (SSSR count). The van der Waals surface area contributed by atoms with Gasteiger partial charge in [-0.1, -0.05) is 6.92 Å². The number of hydrogen-bond acceptors (Lipinski definition) is 4. The molecule has 1 N–H and O–H groups in total. The van der Waals surface area contributed by atoms with E-state index in [-0.39, 0.29) is 18.3 Å². The van der Waals surface area contributed by atoms with Crippen LogP contribution in [0, 0.1) is 4.91 Å². The Labute approximate surface area is 59.0 Å². The molecule has 5 heteroatoms. The lowest BCUT2D eigenvalue weighted by Crippen LogP contribution is -2.13. The van der Waals surface area contributed by atoms with E-state index in [4.69, 9.17) is 5.11 Å². The summed E-state index contributed by atoms with van der Waals surface area (Å²) in [5.74, 6) is 0. The summed E-state index contributed by atoms with van der Waals surface area (Å²) in [5.41, 5.74) is 0. The Bertz CT molecular complexity index is 85.6. The molecule has 0 heterocycles. The highest BCUT2D eigenvalue weighted by atomic mass is 17.0. The molecule has 0 atom stereocenters. The van der Waals surface area contributed by atoms with E-state index in [9.17, 15) is 4.91 Å². The van der Waals surface area contributed by atoms with Crippen molar-refractivity contribution in [1.82, 2.24) is 0 Å². The molecule has 0 aromatic carbocycles. The van der Waals surface area contributed by atoms with Crippen molar-refractivity contribution < 1.29 is 19.9 Å². The monoisotopic (exact) mass is 150 g/mol. The SMILES string of the molecule is CCCO[N+](=O)OCCO. The van der Waals surface area contributed by atoms with E-state index in [1.807, 2.05) is 6.92 Å². The third-order valence-electron chi connectivity index (χ3n) is 0.689. The highest BCUT2D eigenvalue weighted by Crippen LogP contribution is 1.83. The minimum atomic E-state index is -0.186. The molecular formula is C5H12NO4+. The van der Waals surface area contributed by atoms with Gasteiger partial charge in [-0.15, -0.1) is 0 Å². The minimum Gasteiger partial charge on any atom is -0.393 e. The van der Waals surface area contributed by atoms with Crippen LogP contribution in [0.5, 0.6) is 0 Å². The predicted molar refractivity (Wildman–Crippen MR) is 32.9 cm³/mol. The molecule has 0 saturated heterocycles. The predicted octanol–water partition coefficient (Wildman–Crippen LogP) is 0.0308. The van der Waals surface area contributed by atoms with Gasteiger partial charge in [-0.3, -0.25) is 0 Å². The van der Waals surface area contributed by atoms with Gasteiger partial charge in [0, 0.05) is 0 Å². The Morgan fingerprint density at radius 2 is 2.00 bits per heavy atom. The third-order valence-corrected chi connectivity index (χ3v) is 0.689. The van der Waals surface area contributed by atoms with Gasteiger partial charge < -0.3 is 5.11 Å². The molecule has 0 saturated carbocycles. The van der Waals surface area contributed by atoms with E-state index in [2.05, 4.69) is 9.68 Å². The van der Waals surface area contributed by atoms with Crippen molar-refractivity contribution in [2.75, 3.05) is 19.8 Å². The molecule has 0 unspecified atom stereocenters. The fourth-order valence-corrected chi connectivity index (χ4v) is 0.318. The largest absolute Gasteiger partial charge is 0.477 e. The van der Waals surface area contributed by atoms with E-state index in [0.29, 0.717) is 6.61 Å². The zero-order valence-electron chi connectivity index (χ0n) is 5.95. The highest BCUT2D eigenvalue weighted by molar-refractivity contribution is 4.14. The smallest absolute Gasteiger partial charge is 0.393 e. The molecule has 0 bridgehead atoms.